The Hall–Kier alpha value is -3.12. The third-order valence-electron chi connectivity index (χ3n) is 5.74. The number of fused-ring (bicyclic) bond motifs is 2. The van der Waals surface area contributed by atoms with Crippen LogP contribution >= 0.6 is 12.2 Å². The van der Waals surface area contributed by atoms with Crippen LogP contribution in [0.5, 0.6) is 0 Å². The van der Waals surface area contributed by atoms with Gasteiger partial charge in [0.1, 0.15) is 11.6 Å². The molecule has 33 heavy (non-hydrogen) atoms. The van der Waals surface area contributed by atoms with Gasteiger partial charge in [0.05, 0.1) is 22.4 Å². The Morgan fingerprint density at radius 3 is 1.97 bits per heavy atom. The zero-order chi connectivity index (χ0) is 23.6. The van der Waals surface area contributed by atoms with E-state index in [0.29, 0.717) is 11.4 Å². The number of thiocarbonyl (C=S) groups is 1. The van der Waals surface area contributed by atoms with E-state index < -0.39 is 0 Å². The first kappa shape index (κ1) is 24.5. The molecule has 0 spiro atoms. The molecule has 0 fully saturated rings. The van der Waals surface area contributed by atoms with Gasteiger partial charge in [-0.1, -0.05) is 12.2 Å². The molecule has 0 atom stereocenters. The Bertz CT molecular complexity index is 987. The van der Waals surface area contributed by atoms with Crippen molar-refractivity contribution in [1.29, 1.82) is 5.26 Å². The van der Waals surface area contributed by atoms with Crippen molar-refractivity contribution < 1.29 is 0 Å². The van der Waals surface area contributed by atoms with E-state index in [1.807, 2.05) is 0 Å². The fraction of sp³-hybridized carbons (Fsp3) is 0.500. The number of nitriles is 1. The lowest BCUT2D eigenvalue weighted by molar-refractivity contribution is 0.813. The molecule has 2 aliphatic rings. The number of aromatic nitrogens is 2. The second kappa shape index (κ2) is 12.2. The first-order valence-corrected chi connectivity index (χ1v) is 11.9. The summed E-state index contributed by atoms with van der Waals surface area (Å²) in [6.07, 6.45) is 5.06. The summed E-state index contributed by atoms with van der Waals surface area (Å²) in [5.74, 6) is 1.97. The maximum Gasteiger partial charge on any atom is 0.149 e. The van der Waals surface area contributed by atoms with Crippen LogP contribution in [0.3, 0.4) is 0 Å². The number of hydrogen-bond acceptors (Lipinski definition) is 8. The Kier molecular flexibility index (Phi) is 9.07. The predicted molar refractivity (Wildman–Crippen MR) is 140 cm³/mol. The van der Waals surface area contributed by atoms with Gasteiger partial charge in [-0.15, -0.1) is 0 Å². The van der Waals surface area contributed by atoms with E-state index in [1.165, 1.54) is 5.69 Å². The number of likely N-dealkylation sites (N-methyl/N-ethyl adjacent to an activating group) is 2. The lowest BCUT2D eigenvalue weighted by atomic mass is 10.1. The van der Waals surface area contributed by atoms with E-state index >= 15 is 0 Å². The maximum absolute atomic E-state index is 8.48. The smallest absolute Gasteiger partial charge is 0.149 e. The van der Waals surface area contributed by atoms with Gasteiger partial charge in [-0.3, -0.25) is 0 Å². The molecular weight excluding hydrogens is 432 g/mol. The van der Waals surface area contributed by atoms with E-state index in [0.717, 1.165) is 87.0 Å². The summed E-state index contributed by atoms with van der Waals surface area (Å²) in [6, 6.07) is 10.5. The Morgan fingerprint density at radius 1 is 0.970 bits per heavy atom. The summed E-state index contributed by atoms with van der Waals surface area (Å²) in [5, 5.41) is 15.1. The topological polar surface area (TPSA) is 106 Å². The molecule has 0 saturated heterocycles. The van der Waals surface area contributed by atoms with Crippen LogP contribution in [-0.2, 0) is 12.8 Å². The van der Waals surface area contributed by atoms with Crippen LogP contribution in [0.25, 0.3) is 0 Å². The fourth-order valence-electron chi connectivity index (χ4n) is 3.86. The summed E-state index contributed by atoms with van der Waals surface area (Å²) in [7, 11) is 4.17. The molecule has 4 rings (SSSR count). The van der Waals surface area contributed by atoms with Crippen LogP contribution in [0.1, 0.15) is 37.1 Å². The molecule has 0 bridgehead atoms. The molecule has 0 amide bonds. The van der Waals surface area contributed by atoms with Crippen molar-refractivity contribution in [2.45, 2.75) is 38.5 Å². The van der Waals surface area contributed by atoms with Gasteiger partial charge >= 0.3 is 0 Å². The first-order chi connectivity index (χ1) is 16.0. The molecule has 2 aromatic heterocycles. The minimum Gasteiger partial charge on any atom is -0.393 e. The molecule has 8 nitrogen and oxygen atoms in total. The molecule has 0 saturated carbocycles. The summed E-state index contributed by atoms with van der Waals surface area (Å²) < 4.78 is 0. The number of nitrogens with one attached hydrogen (secondary N) is 2. The number of pyridine rings is 2. The van der Waals surface area contributed by atoms with Gasteiger partial charge < -0.3 is 26.2 Å². The van der Waals surface area contributed by atoms with Crippen molar-refractivity contribution in [2.24, 2.45) is 5.73 Å². The van der Waals surface area contributed by atoms with Crippen molar-refractivity contribution in [3.63, 3.8) is 0 Å². The van der Waals surface area contributed by atoms with E-state index in [-0.39, 0.29) is 0 Å². The largest absolute Gasteiger partial charge is 0.393 e. The summed E-state index contributed by atoms with van der Waals surface area (Å²) in [6.45, 7) is 3.93. The van der Waals surface area contributed by atoms with Crippen LogP contribution in [0.2, 0.25) is 0 Å². The van der Waals surface area contributed by atoms with Crippen LogP contribution < -0.4 is 26.2 Å². The lowest BCUT2D eigenvalue weighted by Crippen LogP contribution is -2.31. The second-order valence-electron chi connectivity index (χ2n) is 8.37. The minimum atomic E-state index is 0.584. The number of nitrogens with zero attached hydrogens (tertiary/aromatic N) is 5. The van der Waals surface area contributed by atoms with Crippen molar-refractivity contribution >= 4 is 40.2 Å². The summed E-state index contributed by atoms with van der Waals surface area (Å²) >= 11 is 4.86. The van der Waals surface area contributed by atoms with E-state index in [1.54, 1.807) is 0 Å². The first-order valence-electron chi connectivity index (χ1n) is 11.5. The van der Waals surface area contributed by atoms with Crippen LogP contribution in [0.4, 0.5) is 23.0 Å². The SMILES string of the molecule is CN1CCNc2nc(CCCC#N)ccc21.CN1CCNc2nc(CCCC(N)=S)ccc21. The highest BCUT2D eigenvalue weighted by atomic mass is 32.1. The molecule has 0 radical (unpaired) electrons. The van der Waals surface area contributed by atoms with Crippen molar-refractivity contribution in [2.75, 3.05) is 60.7 Å². The zero-order valence-corrected chi connectivity index (χ0v) is 20.4. The highest BCUT2D eigenvalue weighted by Gasteiger charge is 2.15. The van der Waals surface area contributed by atoms with Gasteiger partial charge in [-0.25, -0.2) is 9.97 Å². The van der Waals surface area contributed by atoms with Crippen LogP contribution in [0.15, 0.2) is 24.3 Å². The Morgan fingerprint density at radius 2 is 1.48 bits per heavy atom. The van der Waals surface area contributed by atoms with E-state index in [9.17, 15) is 0 Å². The molecule has 0 unspecified atom stereocenters. The standard InChI is InChI=1S/C12H18N4S.C12H16N4/c1-16-8-7-14-12-10(16)6-5-9(15-12)3-2-4-11(13)17;1-16-9-8-14-12-11(16)6-5-10(15-12)4-2-3-7-13/h5-6H,2-4,7-8H2,1H3,(H2,13,17)(H,14,15);5-6H,2-4,8-9H2,1H3,(H,14,15). The monoisotopic (exact) mass is 466 g/mol. The fourth-order valence-corrected chi connectivity index (χ4v) is 4.00. The number of hydrogen-bond donors (Lipinski definition) is 3. The van der Waals surface area contributed by atoms with Gasteiger partial charge in [0.15, 0.2) is 0 Å². The summed E-state index contributed by atoms with van der Waals surface area (Å²) in [5.41, 5.74) is 9.98. The Balaban J connectivity index is 0.000000186. The number of nitrogens with two attached hydrogens (primary N) is 1. The van der Waals surface area contributed by atoms with Gasteiger partial charge in [0, 0.05) is 58.1 Å². The molecule has 4 N–H and O–H groups in total. The van der Waals surface area contributed by atoms with Gasteiger partial charge in [-0.05, 0) is 56.4 Å². The number of unbranched alkanes of at least 4 members (excludes halogenated alkanes) is 1. The van der Waals surface area contributed by atoms with Crippen molar-refractivity contribution in [1.82, 2.24) is 9.97 Å². The molecule has 4 heterocycles. The van der Waals surface area contributed by atoms with E-state index in [2.05, 4.69) is 74.8 Å². The molecule has 176 valence electrons. The molecule has 2 aliphatic heterocycles. The normalized spacial score (nSPS) is 14.0. The Labute approximate surface area is 202 Å². The highest BCUT2D eigenvalue weighted by Crippen LogP contribution is 2.27. The third-order valence-corrected chi connectivity index (χ3v) is 5.95. The maximum atomic E-state index is 8.48. The quantitative estimate of drug-likeness (QED) is 0.418. The zero-order valence-electron chi connectivity index (χ0n) is 19.6. The third kappa shape index (κ3) is 7.19. The van der Waals surface area contributed by atoms with Crippen molar-refractivity contribution in [3.05, 3.63) is 35.7 Å². The van der Waals surface area contributed by atoms with Gasteiger partial charge in [0.25, 0.3) is 0 Å². The van der Waals surface area contributed by atoms with Crippen LogP contribution in [-0.4, -0.2) is 55.2 Å². The predicted octanol–water partition coefficient (Wildman–Crippen LogP) is 3.34. The molecular formula is C24H34N8S. The van der Waals surface area contributed by atoms with Gasteiger partial charge in [0.2, 0.25) is 0 Å². The molecule has 9 heteroatoms. The highest BCUT2D eigenvalue weighted by molar-refractivity contribution is 7.80. The molecule has 0 aromatic carbocycles. The average Bonchev–Trinajstić information content (AvgIpc) is 2.80. The molecule has 0 aliphatic carbocycles. The van der Waals surface area contributed by atoms with Crippen LogP contribution in [0, 0.1) is 11.3 Å². The van der Waals surface area contributed by atoms with Crippen molar-refractivity contribution in [3.8, 4) is 6.07 Å². The second-order valence-corrected chi connectivity index (χ2v) is 8.89. The average molecular weight is 467 g/mol. The number of anilines is 4. The summed E-state index contributed by atoms with van der Waals surface area (Å²) in [4.78, 5) is 14.2. The number of rotatable bonds is 7. The molecule has 2 aromatic rings. The lowest BCUT2D eigenvalue weighted by Gasteiger charge is -2.27. The number of aryl methyl sites for hydroxylation is 2. The van der Waals surface area contributed by atoms with Gasteiger partial charge in [-0.2, -0.15) is 5.26 Å². The minimum absolute atomic E-state index is 0.584. The van der Waals surface area contributed by atoms with E-state index in [4.69, 9.17) is 23.2 Å².